The van der Waals surface area contributed by atoms with Crippen molar-refractivity contribution in [2.75, 3.05) is 23.7 Å². The van der Waals surface area contributed by atoms with Crippen LogP contribution in [0.1, 0.15) is 131 Å². The molecule has 2 saturated carbocycles. The Labute approximate surface area is 444 Å². The minimum Gasteiger partial charge on any atom is -0.378 e. The van der Waals surface area contributed by atoms with Crippen molar-refractivity contribution in [3.8, 4) is 0 Å². The van der Waals surface area contributed by atoms with Crippen molar-refractivity contribution in [3.63, 3.8) is 0 Å². The molecular formula is C62H64Cl2N6O4. The molecule has 4 fully saturated rings. The fourth-order valence-electron chi connectivity index (χ4n) is 13.3. The lowest BCUT2D eigenvalue weighted by atomic mass is 9.79. The molecule has 4 N–H and O–H groups in total. The molecule has 6 aromatic rings. The Bertz CT molecular complexity index is 2760. The third kappa shape index (κ3) is 10.2. The average Bonchev–Trinajstić information content (AvgIpc) is 4.11. The number of benzene rings is 6. The van der Waals surface area contributed by atoms with Gasteiger partial charge in [-0.2, -0.15) is 0 Å². The summed E-state index contributed by atoms with van der Waals surface area (Å²) >= 11 is 12.9. The van der Waals surface area contributed by atoms with Crippen LogP contribution in [0.3, 0.4) is 0 Å². The Kier molecular flexibility index (Phi) is 14.8. The predicted octanol–water partition coefficient (Wildman–Crippen LogP) is 12.8. The smallest absolute Gasteiger partial charge is 0.251 e. The number of fused-ring (bicyclic) bond motifs is 6. The zero-order chi connectivity index (χ0) is 50.7. The van der Waals surface area contributed by atoms with Gasteiger partial charge in [-0.3, -0.25) is 19.2 Å². The summed E-state index contributed by atoms with van der Waals surface area (Å²) in [6.45, 7) is 1.42. The summed E-state index contributed by atoms with van der Waals surface area (Å²) in [4.78, 5) is 58.6. The van der Waals surface area contributed by atoms with Crippen molar-refractivity contribution in [3.05, 3.63) is 201 Å². The second-order valence-electron chi connectivity index (χ2n) is 21.1. The van der Waals surface area contributed by atoms with Crippen LogP contribution in [0, 0.1) is 23.7 Å². The first kappa shape index (κ1) is 49.6. The lowest BCUT2D eigenvalue weighted by Gasteiger charge is -2.42. The Morgan fingerprint density at radius 3 is 1.20 bits per heavy atom. The molecule has 2 aliphatic carbocycles. The highest BCUT2D eigenvalue weighted by molar-refractivity contribution is 6.31. The number of carbonyl (C=O) groups is 4. The lowest BCUT2D eigenvalue weighted by Crippen LogP contribution is -2.50. The van der Waals surface area contributed by atoms with E-state index in [0.717, 1.165) is 86.7 Å². The van der Waals surface area contributed by atoms with Gasteiger partial charge in [0.2, 0.25) is 11.8 Å². The maximum absolute atomic E-state index is 14.2. The molecule has 6 aliphatic rings. The Morgan fingerprint density at radius 1 is 0.446 bits per heavy atom. The molecule has 0 radical (unpaired) electrons. The first-order valence-corrected chi connectivity index (χ1v) is 27.5. The number of carbonyl (C=O) groups excluding carboxylic acids is 4. The van der Waals surface area contributed by atoms with E-state index in [4.69, 9.17) is 23.2 Å². The van der Waals surface area contributed by atoms with Crippen molar-refractivity contribution in [2.45, 2.75) is 100 Å². The number of hydrogen-bond acceptors (Lipinski definition) is 6. The van der Waals surface area contributed by atoms with Crippen LogP contribution in [0.4, 0.5) is 11.4 Å². The first-order chi connectivity index (χ1) is 36.2. The number of nitrogens with one attached hydrogen (secondary N) is 4. The molecule has 12 heteroatoms. The minimum atomic E-state index is -0.215. The van der Waals surface area contributed by atoms with Crippen molar-refractivity contribution in [1.29, 1.82) is 0 Å². The second-order valence-corrected chi connectivity index (χ2v) is 21.9. The van der Waals surface area contributed by atoms with E-state index in [1.54, 1.807) is 0 Å². The molecule has 4 aliphatic heterocycles. The summed E-state index contributed by atoms with van der Waals surface area (Å²) in [5.41, 5.74) is 8.00. The molecular weight excluding hydrogens is 964 g/mol. The van der Waals surface area contributed by atoms with E-state index in [1.807, 2.05) is 109 Å². The summed E-state index contributed by atoms with van der Waals surface area (Å²) in [5.74, 6) is 0.174. The van der Waals surface area contributed by atoms with Gasteiger partial charge in [-0.15, -0.1) is 0 Å². The monoisotopic (exact) mass is 1030 g/mol. The van der Waals surface area contributed by atoms with Gasteiger partial charge in [0.15, 0.2) is 0 Å². The number of halogens is 2. The van der Waals surface area contributed by atoms with Crippen LogP contribution in [0.25, 0.3) is 0 Å². The average molecular weight is 1030 g/mol. The Balaban J connectivity index is 0.000000159. The molecule has 10 nitrogen and oxygen atoms in total. The van der Waals surface area contributed by atoms with E-state index in [2.05, 4.69) is 79.6 Å². The van der Waals surface area contributed by atoms with Crippen LogP contribution in [0.2, 0.25) is 10.0 Å². The van der Waals surface area contributed by atoms with Gasteiger partial charge in [0.05, 0.1) is 36.0 Å². The van der Waals surface area contributed by atoms with Crippen molar-refractivity contribution in [2.24, 2.45) is 23.7 Å². The number of nitrogens with zero attached hydrogens (tertiary/aromatic N) is 2. The van der Waals surface area contributed by atoms with Gasteiger partial charge in [0.1, 0.15) is 0 Å². The van der Waals surface area contributed by atoms with Crippen LogP contribution in [0.5, 0.6) is 0 Å². The van der Waals surface area contributed by atoms with Gasteiger partial charge in [-0.25, -0.2) is 0 Å². The molecule has 4 heterocycles. The number of amides is 4. The van der Waals surface area contributed by atoms with E-state index >= 15 is 0 Å². The van der Waals surface area contributed by atoms with Gasteiger partial charge in [-0.05, 0) is 121 Å². The minimum absolute atomic E-state index is 0.0416. The Hall–Kier alpha value is -6.62. The van der Waals surface area contributed by atoms with Crippen LogP contribution in [-0.2, 0) is 9.59 Å². The number of rotatable bonds is 8. The molecule has 10 atom stereocenters. The third-order valence-corrected chi connectivity index (χ3v) is 17.3. The largest absolute Gasteiger partial charge is 0.378 e. The summed E-state index contributed by atoms with van der Waals surface area (Å²) in [6, 6.07) is 51.3. The van der Waals surface area contributed by atoms with Gasteiger partial charge >= 0.3 is 0 Å². The zero-order valence-electron chi connectivity index (χ0n) is 41.6. The maximum atomic E-state index is 14.2. The van der Waals surface area contributed by atoms with Gasteiger partial charge < -0.3 is 31.1 Å². The van der Waals surface area contributed by atoms with E-state index in [1.165, 1.54) is 11.1 Å². The zero-order valence-corrected chi connectivity index (χ0v) is 43.1. The molecule has 0 spiro atoms. The van der Waals surface area contributed by atoms with E-state index in [0.29, 0.717) is 34.3 Å². The summed E-state index contributed by atoms with van der Waals surface area (Å²) in [7, 11) is 0. The standard InChI is InChI=1S/2C31H32ClN3O2/c2*32-22-15-16-27-25(19-22)29-24(28(33-27)20-9-3-1-4-10-20)17-18-35(29)31(37)23-13-7-8-14-26(23)34-30(36)21-11-5-2-6-12-21/h2*1-6,9-12,15-16,19,23-24,26,28-29,33H,7-8,13-14,17-18H2,(H,34,36)/t23-,24+,26+,28-,29+;23-,24-,26+,28+,29-/m00/s1. The predicted molar refractivity (Wildman–Crippen MR) is 293 cm³/mol. The molecule has 0 bridgehead atoms. The molecule has 6 aromatic carbocycles. The van der Waals surface area contributed by atoms with Crippen molar-refractivity contribution < 1.29 is 19.2 Å². The lowest BCUT2D eigenvalue weighted by molar-refractivity contribution is -0.139. The van der Waals surface area contributed by atoms with Crippen molar-refractivity contribution >= 4 is 58.2 Å². The quantitative estimate of drug-likeness (QED) is 0.120. The second kappa shape index (κ2) is 22.1. The summed E-state index contributed by atoms with van der Waals surface area (Å²) in [6.07, 6.45) is 9.15. The molecule has 2 saturated heterocycles. The van der Waals surface area contributed by atoms with E-state index in [-0.39, 0.29) is 83.6 Å². The number of likely N-dealkylation sites (tertiary alicyclic amines) is 2. The highest BCUT2D eigenvalue weighted by Gasteiger charge is 2.50. The molecule has 380 valence electrons. The Morgan fingerprint density at radius 2 is 0.811 bits per heavy atom. The fraction of sp³-hybridized carbons (Fsp3) is 0.355. The van der Waals surface area contributed by atoms with Crippen LogP contribution in [-0.4, -0.2) is 58.6 Å². The first-order valence-electron chi connectivity index (χ1n) is 26.7. The molecule has 12 rings (SSSR count). The molecule has 4 amide bonds. The normalized spacial score (nSPS) is 26.5. The number of hydrogen-bond donors (Lipinski definition) is 4. The molecule has 0 aromatic heterocycles. The van der Waals surface area contributed by atoms with Crippen LogP contribution >= 0.6 is 23.2 Å². The van der Waals surface area contributed by atoms with Crippen LogP contribution < -0.4 is 21.3 Å². The molecule has 74 heavy (non-hydrogen) atoms. The van der Waals surface area contributed by atoms with Gasteiger partial charge in [-0.1, -0.05) is 146 Å². The van der Waals surface area contributed by atoms with Gasteiger partial charge in [0, 0.05) is 69.6 Å². The van der Waals surface area contributed by atoms with E-state index < -0.39 is 0 Å². The summed E-state index contributed by atoms with van der Waals surface area (Å²) < 4.78 is 0. The third-order valence-electron chi connectivity index (χ3n) is 16.8. The van der Waals surface area contributed by atoms with Crippen molar-refractivity contribution in [1.82, 2.24) is 20.4 Å². The number of anilines is 2. The topological polar surface area (TPSA) is 123 Å². The highest BCUT2D eigenvalue weighted by Crippen LogP contribution is 2.54. The maximum Gasteiger partial charge on any atom is 0.251 e. The van der Waals surface area contributed by atoms with Crippen LogP contribution in [0.15, 0.2) is 158 Å². The molecule has 0 unspecified atom stereocenters. The highest BCUT2D eigenvalue weighted by atomic mass is 35.5. The summed E-state index contributed by atoms with van der Waals surface area (Å²) in [5, 5.41) is 15.3. The fourth-order valence-corrected chi connectivity index (χ4v) is 13.6. The van der Waals surface area contributed by atoms with Gasteiger partial charge in [0.25, 0.3) is 11.8 Å². The van der Waals surface area contributed by atoms with E-state index in [9.17, 15) is 19.2 Å². The SMILES string of the molecule is O=C(N[C@@H]1CCCC[C@@H]1C(=O)N1CC[C@@H]2[C@H](c3ccccc3)Nc3ccc(Cl)cc3[C@@H]21)c1ccccc1.O=C(N[C@@H]1CCCC[C@@H]1C(=O)N1CC[C@H]2[C@@H](c3ccccc3)Nc3ccc(Cl)cc3[C@H]21)c1ccccc1.